The third kappa shape index (κ3) is 4.84. The Morgan fingerprint density at radius 2 is 1.90 bits per heavy atom. The predicted octanol–water partition coefficient (Wildman–Crippen LogP) is 4.42. The Hall–Kier alpha value is -2.81. The van der Waals surface area contributed by atoms with Gasteiger partial charge in [-0.3, -0.25) is 4.79 Å². The zero-order chi connectivity index (χ0) is 21.7. The Kier molecular flexibility index (Phi) is 7.15. The third-order valence-corrected chi connectivity index (χ3v) is 5.36. The molecule has 6 nitrogen and oxygen atoms in total. The predicted molar refractivity (Wildman–Crippen MR) is 112 cm³/mol. The monoisotopic (exact) mass is 435 g/mol. The molecule has 2 aromatic carbocycles. The van der Waals surface area contributed by atoms with E-state index in [1.165, 1.54) is 0 Å². The molecule has 1 aromatic heterocycles. The SMILES string of the molecule is CCN(Cc1ccc(OC)c(OC)c1)C(=O)Cn1c(SC(F)F)nc2ccccc21. The topological polar surface area (TPSA) is 56.6 Å². The highest BCUT2D eigenvalue weighted by atomic mass is 32.2. The fourth-order valence-electron chi connectivity index (χ4n) is 3.19. The van der Waals surface area contributed by atoms with Gasteiger partial charge in [0.1, 0.15) is 6.54 Å². The van der Waals surface area contributed by atoms with Crippen LogP contribution in [-0.2, 0) is 17.9 Å². The van der Waals surface area contributed by atoms with Gasteiger partial charge in [-0.25, -0.2) is 4.98 Å². The van der Waals surface area contributed by atoms with Crippen molar-refractivity contribution in [2.24, 2.45) is 0 Å². The maximum absolute atomic E-state index is 13.0. The number of carbonyl (C=O) groups is 1. The molecule has 0 atom stereocenters. The number of hydrogen-bond donors (Lipinski definition) is 0. The molecule has 0 aliphatic heterocycles. The average molecular weight is 435 g/mol. The average Bonchev–Trinajstić information content (AvgIpc) is 3.07. The molecule has 0 fully saturated rings. The third-order valence-electron chi connectivity index (χ3n) is 4.66. The number of amides is 1. The summed E-state index contributed by atoms with van der Waals surface area (Å²) in [6, 6.07) is 12.6. The smallest absolute Gasteiger partial charge is 0.291 e. The quantitative estimate of drug-likeness (QED) is 0.466. The van der Waals surface area contributed by atoms with Gasteiger partial charge < -0.3 is 18.9 Å². The van der Waals surface area contributed by atoms with E-state index in [2.05, 4.69) is 4.98 Å². The first kappa shape index (κ1) is 21.9. The van der Waals surface area contributed by atoms with Crippen LogP contribution in [0.25, 0.3) is 11.0 Å². The lowest BCUT2D eigenvalue weighted by Crippen LogP contribution is -2.33. The number of alkyl halides is 2. The molecule has 9 heteroatoms. The van der Waals surface area contributed by atoms with Gasteiger partial charge in [-0.1, -0.05) is 18.2 Å². The van der Waals surface area contributed by atoms with E-state index in [0.29, 0.717) is 47.4 Å². The van der Waals surface area contributed by atoms with Crippen molar-refractivity contribution in [3.63, 3.8) is 0 Å². The molecule has 0 radical (unpaired) electrons. The van der Waals surface area contributed by atoms with Crippen LogP contribution in [0.3, 0.4) is 0 Å². The van der Waals surface area contributed by atoms with Gasteiger partial charge in [0.2, 0.25) is 5.91 Å². The molecular weight excluding hydrogens is 412 g/mol. The van der Waals surface area contributed by atoms with Crippen molar-refractivity contribution in [2.45, 2.75) is 30.9 Å². The molecule has 0 unspecified atom stereocenters. The lowest BCUT2D eigenvalue weighted by molar-refractivity contribution is -0.132. The number of aromatic nitrogens is 2. The zero-order valence-corrected chi connectivity index (χ0v) is 17.8. The summed E-state index contributed by atoms with van der Waals surface area (Å²) in [6.45, 7) is 2.63. The van der Waals surface area contributed by atoms with E-state index in [-0.39, 0.29) is 17.6 Å². The number of carbonyl (C=O) groups excluding carboxylic acids is 1. The number of likely N-dealkylation sites (N-methyl/N-ethyl adjacent to an activating group) is 1. The van der Waals surface area contributed by atoms with Gasteiger partial charge >= 0.3 is 0 Å². The first-order valence-electron chi connectivity index (χ1n) is 9.35. The van der Waals surface area contributed by atoms with Crippen LogP contribution in [0.4, 0.5) is 8.78 Å². The molecule has 0 aliphatic rings. The largest absolute Gasteiger partial charge is 0.493 e. The van der Waals surface area contributed by atoms with E-state index in [1.807, 2.05) is 19.1 Å². The van der Waals surface area contributed by atoms with Gasteiger partial charge in [-0.05, 0) is 48.5 Å². The molecule has 0 aliphatic carbocycles. The number of halogens is 2. The van der Waals surface area contributed by atoms with Crippen LogP contribution < -0.4 is 9.47 Å². The second-order valence-electron chi connectivity index (χ2n) is 6.44. The number of methoxy groups -OCH3 is 2. The molecular formula is C21H23F2N3O3S. The van der Waals surface area contributed by atoms with Gasteiger partial charge in [0, 0.05) is 13.1 Å². The summed E-state index contributed by atoms with van der Waals surface area (Å²) >= 11 is 0.342. The van der Waals surface area contributed by atoms with Gasteiger partial charge in [0.05, 0.1) is 25.3 Å². The van der Waals surface area contributed by atoms with Crippen LogP contribution in [0.15, 0.2) is 47.6 Å². The molecule has 0 N–H and O–H groups in total. The molecule has 1 heterocycles. The Morgan fingerprint density at radius 3 is 2.57 bits per heavy atom. The van der Waals surface area contributed by atoms with Gasteiger partial charge in [0.25, 0.3) is 5.76 Å². The van der Waals surface area contributed by atoms with Crippen molar-refractivity contribution in [3.05, 3.63) is 48.0 Å². The van der Waals surface area contributed by atoms with Crippen molar-refractivity contribution in [1.29, 1.82) is 0 Å². The Morgan fingerprint density at radius 1 is 1.17 bits per heavy atom. The highest BCUT2D eigenvalue weighted by Gasteiger charge is 2.20. The standard InChI is InChI=1S/C21H23F2N3O3S/c1-4-25(12-14-9-10-17(28-2)18(11-14)29-3)19(27)13-26-16-8-6-5-7-15(16)24-21(26)30-20(22)23/h5-11,20H,4,12-13H2,1-3H3. The fraction of sp³-hybridized carbons (Fsp3) is 0.333. The summed E-state index contributed by atoms with van der Waals surface area (Å²) in [6.07, 6.45) is 0. The number of ether oxygens (including phenoxy) is 2. The molecule has 0 spiro atoms. The first-order chi connectivity index (χ1) is 14.5. The Bertz CT molecular complexity index is 1030. The number of rotatable bonds is 9. The van der Waals surface area contributed by atoms with Crippen LogP contribution in [0, 0.1) is 0 Å². The summed E-state index contributed by atoms with van der Waals surface area (Å²) in [5.74, 6) is -1.62. The molecule has 3 aromatic rings. The van der Waals surface area contributed by atoms with E-state index in [4.69, 9.17) is 9.47 Å². The maximum Gasteiger partial charge on any atom is 0.291 e. The highest BCUT2D eigenvalue weighted by molar-refractivity contribution is 7.99. The minimum Gasteiger partial charge on any atom is -0.493 e. The van der Waals surface area contributed by atoms with Crippen LogP contribution in [0.1, 0.15) is 12.5 Å². The molecule has 1 amide bonds. The second-order valence-corrected chi connectivity index (χ2v) is 7.40. The van der Waals surface area contributed by atoms with E-state index in [1.54, 1.807) is 54.0 Å². The molecule has 30 heavy (non-hydrogen) atoms. The lowest BCUT2D eigenvalue weighted by Gasteiger charge is -2.22. The van der Waals surface area contributed by atoms with E-state index >= 15 is 0 Å². The van der Waals surface area contributed by atoms with E-state index in [0.717, 1.165) is 5.56 Å². The lowest BCUT2D eigenvalue weighted by atomic mass is 10.2. The van der Waals surface area contributed by atoms with Crippen molar-refractivity contribution in [1.82, 2.24) is 14.5 Å². The van der Waals surface area contributed by atoms with Crippen molar-refractivity contribution in [2.75, 3.05) is 20.8 Å². The summed E-state index contributed by atoms with van der Waals surface area (Å²) in [4.78, 5) is 19.0. The highest BCUT2D eigenvalue weighted by Crippen LogP contribution is 2.30. The second kappa shape index (κ2) is 9.80. The first-order valence-corrected chi connectivity index (χ1v) is 10.2. The number of hydrogen-bond acceptors (Lipinski definition) is 5. The van der Waals surface area contributed by atoms with Gasteiger partial charge in [-0.2, -0.15) is 8.78 Å². The van der Waals surface area contributed by atoms with Crippen molar-refractivity contribution < 1.29 is 23.0 Å². The summed E-state index contributed by atoms with van der Waals surface area (Å²) in [5, 5.41) is 0.127. The van der Waals surface area contributed by atoms with Gasteiger partial charge in [0.15, 0.2) is 16.7 Å². The molecule has 0 saturated carbocycles. The summed E-state index contributed by atoms with van der Waals surface area (Å²) < 4.78 is 38.1. The van der Waals surface area contributed by atoms with Crippen LogP contribution >= 0.6 is 11.8 Å². The number of benzene rings is 2. The number of para-hydroxylation sites is 2. The van der Waals surface area contributed by atoms with Gasteiger partial charge in [-0.15, -0.1) is 0 Å². The summed E-state index contributed by atoms with van der Waals surface area (Å²) in [5.41, 5.74) is 2.10. The maximum atomic E-state index is 13.0. The number of fused-ring (bicyclic) bond motifs is 1. The minimum absolute atomic E-state index is 0.0727. The molecule has 0 saturated heterocycles. The van der Waals surface area contributed by atoms with E-state index in [9.17, 15) is 13.6 Å². The van der Waals surface area contributed by atoms with Crippen molar-refractivity contribution >= 4 is 28.7 Å². The minimum atomic E-state index is -2.62. The fourth-order valence-corrected chi connectivity index (χ4v) is 3.79. The molecule has 160 valence electrons. The Balaban J connectivity index is 1.83. The van der Waals surface area contributed by atoms with Crippen LogP contribution in [-0.4, -0.2) is 46.9 Å². The summed E-state index contributed by atoms with van der Waals surface area (Å²) in [7, 11) is 3.11. The number of thioether (sulfide) groups is 1. The molecule has 3 rings (SSSR count). The number of nitrogens with zero attached hydrogens (tertiary/aromatic N) is 3. The Labute approximate surface area is 177 Å². The van der Waals surface area contributed by atoms with Crippen molar-refractivity contribution in [3.8, 4) is 11.5 Å². The normalized spacial score (nSPS) is 11.1. The van der Waals surface area contributed by atoms with Crippen LogP contribution in [0.2, 0.25) is 0 Å². The number of imidazole rings is 1. The zero-order valence-electron chi connectivity index (χ0n) is 17.0. The van der Waals surface area contributed by atoms with Crippen LogP contribution in [0.5, 0.6) is 11.5 Å². The molecule has 0 bridgehead atoms. The van der Waals surface area contributed by atoms with E-state index < -0.39 is 5.76 Å².